The summed E-state index contributed by atoms with van der Waals surface area (Å²) in [7, 11) is -4.16. The Morgan fingerprint density at radius 1 is 0.729 bits per heavy atom. The van der Waals surface area contributed by atoms with Crippen LogP contribution in [0.2, 0.25) is 0 Å². The molecule has 9 heteroatoms. The first-order valence-electron chi connectivity index (χ1n) is 15.8. The van der Waals surface area contributed by atoms with Crippen molar-refractivity contribution >= 4 is 33.4 Å². The van der Waals surface area contributed by atoms with E-state index >= 15 is 0 Å². The van der Waals surface area contributed by atoms with Crippen molar-refractivity contribution in [2.75, 3.05) is 23.7 Å². The Morgan fingerprint density at radius 2 is 1.17 bits per heavy atom. The number of hydrogen-bond donors (Lipinski definition) is 1. The summed E-state index contributed by atoms with van der Waals surface area (Å²) < 4.78 is 28.7. The topological polar surface area (TPSA) is 89.5 Å². The van der Waals surface area contributed by atoms with Gasteiger partial charge in [-0.2, -0.15) is 0 Å². The van der Waals surface area contributed by atoms with Crippen molar-refractivity contribution in [2.45, 2.75) is 34.4 Å². The van der Waals surface area contributed by atoms with Gasteiger partial charge in [-0.3, -0.25) is 0 Å². The molecule has 5 aromatic carbocycles. The monoisotopic (exact) mass is 684 g/mol. The number of benzene rings is 5. The van der Waals surface area contributed by atoms with E-state index in [-0.39, 0.29) is 40.2 Å². The zero-order chi connectivity index (χ0) is 32.7. The average Bonchev–Trinajstić information content (AvgIpc) is 3.13. The van der Waals surface area contributed by atoms with Crippen LogP contribution in [0, 0.1) is 0 Å². The zero-order valence-electron chi connectivity index (χ0n) is 26.9. The van der Waals surface area contributed by atoms with Gasteiger partial charge >= 0.3 is 29.6 Å². The van der Waals surface area contributed by atoms with Crippen LogP contribution in [-0.4, -0.2) is 39.3 Å². The second-order valence-corrected chi connectivity index (χ2v) is 14.7. The molecule has 1 fully saturated rings. The van der Waals surface area contributed by atoms with Crippen LogP contribution in [0.15, 0.2) is 150 Å². The van der Waals surface area contributed by atoms with Crippen LogP contribution in [0.4, 0.5) is 5.69 Å². The van der Waals surface area contributed by atoms with Gasteiger partial charge in [-0.15, -0.1) is 11.8 Å². The number of thioether (sulfide) groups is 1. The molecule has 0 aliphatic carbocycles. The molecule has 1 atom stereocenters. The van der Waals surface area contributed by atoms with E-state index in [1.54, 1.807) is 24.3 Å². The standard InChI is InChI=1S/C39H38N2O4S2.Na/c42-38(43)37(29-46-39(32-15-7-2-8-16-32,33-17-9-3-10-18-33)34-19-11-4-12-20-34)40-47(44,45)36-23-21-35(22-24-36)41-27-25-31(26-28-41)30-13-5-1-6-14-30;/h1-24,31,37,40H,25-29H2,(H,42,43);/q;+1/p-1/t37-;/m0./s1. The zero-order valence-corrected chi connectivity index (χ0v) is 30.6. The third-order valence-electron chi connectivity index (χ3n) is 8.87. The summed E-state index contributed by atoms with van der Waals surface area (Å²) in [6.07, 6.45) is 2.04. The molecule has 48 heavy (non-hydrogen) atoms. The Morgan fingerprint density at radius 3 is 1.60 bits per heavy atom. The van der Waals surface area contributed by atoms with Crippen LogP contribution in [0.3, 0.4) is 0 Å². The number of carbonyl (C=O) groups is 1. The van der Waals surface area contributed by atoms with Crippen molar-refractivity contribution in [3.05, 3.63) is 168 Å². The second-order valence-electron chi connectivity index (χ2n) is 11.7. The molecule has 240 valence electrons. The Labute approximate surface area is 310 Å². The summed E-state index contributed by atoms with van der Waals surface area (Å²) in [6.45, 7) is 1.75. The van der Waals surface area contributed by atoms with Gasteiger partial charge in [0.2, 0.25) is 10.0 Å². The van der Waals surface area contributed by atoms with Gasteiger partial charge < -0.3 is 14.8 Å². The average molecular weight is 685 g/mol. The van der Waals surface area contributed by atoms with Crippen LogP contribution < -0.4 is 44.3 Å². The molecule has 0 aromatic heterocycles. The summed E-state index contributed by atoms with van der Waals surface area (Å²) in [5.74, 6) is -1.04. The van der Waals surface area contributed by atoms with Crippen LogP contribution >= 0.6 is 11.8 Å². The maximum atomic E-state index is 13.5. The Hall–Kier alpha value is -3.37. The number of nitrogens with one attached hydrogen (secondary N) is 1. The number of nitrogens with zero attached hydrogens (tertiary/aromatic N) is 1. The van der Waals surface area contributed by atoms with E-state index in [9.17, 15) is 18.3 Å². The fraction of sp³-hybridized carbons (Fsp3) is 0.205. The minimum Gasteiger partial charge on any atom is -0.548 e. The smallest absolute Gasteiger partial charge is 0.548 e. The molecular weight excluding hydrogens is 648 g/mol. The SMILES string of the molecule is O=C([O-])[C@H](CSC(c1ccccc1)(c1ccccc1)c1ccccc1)NS(=O)(=O)c1ccc(N2CCC(c3ccccc3)CC2)cc1.[Na+]. The van der Waals surface area contributed by atoms with E-state index in [0.29, 0.717) is 5.92 Å². The summed E-state index contributed by atoms with van der Waals surface area (Å²) in [4.78, 5) is 14.7. The van der Waals surface area contributed by atoms with E-state index in [4.69, 9.17) is 0 Å². The molecule has 1 heterocycles. The van der Waals surface area contributed by atoms with Crippen molar-refractivity contribution in [1.82, 2.24) is 4.72 Å². The summed E-state index contributed by atoms with van der Waals surface area (Å²) in [5.41, 5.74) is 5.15. The molecule has 1 aliphatic heterocycles. The van der Waals surface area contributed by atoms with Gasteiger partial charge in [-0.25, -0.2) is 13.1 Å². The summed E-state index contributed by atoms with van der Waals surface area (Å²) >= 11 is 1.37. The molecule has 0 amide bonds. The Kier molecular flexibility index (Phi) is 12.2. The fourth-order valence-corrected chi connectivity index (χ4v) is 9.25. The third kappa shape index (κ3) is 8.08. The molecule has 0 saturated carbocycles. The van der Waals surface area contributed by atoms with Crippen LogP contribution in [0.25, 0.3) is 0 Å². The third-order valence-corrected chi connectivity index (χ3v) is 12.0. The van der Waals surface area contributed by atoms with Gasteiger partial charge in [0.1, 0.15) is 0 Å². The van der Waals surface area contributed by atoms with Gasteiger partial charge in [0.05, 0.1) is 21.7 Å². The number of hydrogen-bond acceptors (Lipinski definition) is 6. The number of aliphatic carboxylic acids is 1. The van der Waals surface area contributed by atoms with Crippen molar-refractivity contribution in [3.8, 4) is 0 Å². The number of carboxylic acid groups (broad SMARTS) is 1. The first kappa shape index (κ1) is 35.9. The first-order valence-corrected chi connectivity index (χ1v) is 18.3. The predicted molar refractivity (Wildman–Crippen MR) is 188 cm³/mol. The van der Waals surface area contributed by atoms with Crippen molar-refractivity contribution < 1.29 is 47.9 Å². The van der Waals surface area contributed by atoms with Gasteiger partial charge in [0.15, 0.2) is 0 Å². The van der Waals surface area contributed by atoms with Gasteiger partial charge in [0.25, 0.3) is 0 Å². The summed E-state index contributed by atoms with van der Waals surface area (Å²) in [5, 5.41) is 12.5. The van der Waals surface area contributed by atoms with Gasteiger partial charge in [-0.05, 0) is 65.3 Å². The van der Waals surface area contributed by atoms with Crippen LogP contribution in [0.5, 0.6) is 0 Å². The van der Waals surface area contributed by atoms with Crippen molar-refractivity contribution in [1.29, 1.82) is 0 Å². The number of anilines is 1. The molecule has 1 saturated heterocycles. The molecule has 5 aromatic rings. The first-order chi connectivity index (χ1) is 22.9. The fourth-order valence-electron chi connectivity index (χ4n) is 6.41. The quantitative estimate of drug-likeness (QED) is 0.161. The van der Waals surface area contributed by atoms with Crippen molar-refractivity contribution in [3.63, 3.8) is 0 Å². The molecule has 0 radical (unpaired) electrons. The largest absolute Gasteiger partial charge is 1.00 e. The van der Waals surface area contributed by atoms with E-state index in [2.05, 4.69) is 33.9 Å². The maximum absolute atomic E-state index is 13.5. The molecule has 6 rings (SSSR count). The number of sulfonamides is 1. The van der Waals surface area contributed by atoms with Crippen LogP contribution in [0.1, 0.15) is 41.0 Å². The molecule has 0 unspecified atom stereocenters. The van der Waals surface area contributed by atoms with Gasteiger partial charge in [0, 0.05) is 24.5 Å². The van der Waals surface area contributed by atoms with Gasteiger partial charge in [-0.1, -0.05) is 121 Å². The predicted octanol–water partition coefficient (Wildman–Crippen LogP) is 3.20. The molecule has 1 N–H and O–H groups in total. The Bertz CT molecular complexity index is 1760. The van der Waals surface area contributed by atoms with E-state index in [1.807, 2.05) is 97.1 Å². The van der Waals surface area contributed by atoms with Crippen molar-refractivity contribution in [2.24, 2.45) is 0 Å². The molecule has 0 spiro atoms. The van der Waals surface area contributed by atoms with Crippen LogP contribution in [-0.2, 0) is 19.6 Å². The molecular formula is C39H37N2NaO4S2. The Balaban J connectivity index is 0.00000451. The number of piperidine rings is 1. The van der Waals surface area contributed by atoms with E-state index in [1.165, 1.54) is 17.3 Å². The second kappa shape index (κ2) is 16.4. The molecule has 6 nitrogen and oxygen atoms in total. The number of carbonyl (C=O) groups excluding carboxylic acids is 1. The normalized spacial score (nSPS) is 14.5. The maximum Gasteiger partial charge on any atom is 1.00 e. The molecule has 1 aliphatic rings. The summed E-state index contributed by atoms with van der Waals surface area (Å²) in [6, 6.07) is 45.3. The number of carboxylic acids is 1. The number of rotatable bonds is 12. The van der Waals surface area contributed by atoms with E-state index in [0.717, 1.165) is 48.3 Å². The molecule has 0 bridgehead atoms. The van der Waals surface area contributed by atoms with E-state index < -0.39 is 26.8 Å². The minimum absolute atomic E-state index is 0. The minimum atomic E-state index is -4.16.